The molecule has 1 fully saturated rings. The summed E-state index contributed by atoms with van der Waals surface area (Å²) in [6.45, 7) is 2.77. The average Bonchev–Trinajstić information content (AvgIpc) is 2.85. The van der Waals surface area contributed by atoms with Gasteiger partial charge in [0.15, 0.2) is 0 Å². The predicted molar refractivity (Wildman–Crippen MR) is 127 cm³/mol. The fourth-order valence-electron chi connectivity index (χ4n) is 4.90. The van der Waals surface area contributed by atoms with Gasteiger partial charge in [-0.15, -0.1) is 0 Å². The molecule has 1 aliphatic heterocycles. The SMILES string of the molecule is COc1ccc(Cl)cc1-c1ccc(CN2CCc3nc(C4CCCCC4)ncc3C2)cn1. The van der Waals surface area contributed by atoms with Crippen molar-refractivity contribution >= 4 is 11.6 Å². The number of ether oxygens (including phenoxy) is 1. The quantitative estimate of drug-likeness (QED) is 0.493. The fraction of sp³-hybridized carbons (Fsp3) is 0.423. The predicted octanol–water partition coefficient (Wildman–Crippen LogP) is 5.81. The van der Waals surface area contributed by atoms with Crippen LogP contribution in [0.3, 0.4) is 0 Å². The van der Waals surface area contributed by atoms with Crippen molar-refractivity contribution < 1.29 is 4.74 Å². The Labute approximate surface area is 194 Å². The third-order valence-electron chi connectivity index (χ3n) is 6.67. The van der Waals surface area contributed by atoms with Gasteiger partial charge in [-0.2, -0.15) is 0 Å². The fourth-order valence-corrected chi connectivity index (χ4v) is 5.07. The van der Waals surface area contributed by atoms with Crippen molar-refractivity contribution in [1.29, 1.82) is 0 Å². The molecule has 1 saturated carbocycles. The number of fused-ring (bicyclic) bond motifs is 1. The van der Waals surface area contributed by atoms with Crippen LogP contribution in [0.4, 0.5) is 0 Å². The summed E-state index contributed by atoms with van der Waals surface area (Å²) in [5, 5.41) is 0.674. The second-order valence-corrected chi connectivity index (χ2v) is 9.33. The van der Waals surface area contributed by atoms with E-state index in [4.69, 9.17) is 26.3 Å². The van der Waals surface area contributed by atoms with Gasteiger partial charge in [-0.05, 0) is 42.7 Å². The van der Waals surface area contributed by atoms with Crippen LogP contribution in [0, 0.1) is 0 Å². The van der Waals surface area contributed by atoms with Crippen LogP contribution in [-0.4, -0.2) is 33.5 Å². The number of hydrogen-bond donors (Lipinski definition) is 0. The van der Waals surface area contributed by atoms with E-state index in [1.165, 1.54) is 48.9 Å². The van der Waals surface area contributed by atoms with Crippen LogP contribution in [0.1, 0.15) is 60.7 Å². The highest BCUT2D eigenvalue weighted by molar-refractivity contribution is 6.30. The van der Waals surface area contributed by atoms with Gasteiger partial charge in [0.1, 0.15) is 11.6 Å². The topological polar surface area (TPSA) is 51.1 Å². The molecule has 0 bridgehead atoms. The zero-order valence-corrected chi connectivity index (χ0v) is 19.3. The summed E-state index contributed by atoms with van der Waals surface area (Å²) < 4.78 is 5.47. The molecule has 1 aromatic carbocycles. The Balaban J connectivity index is 1.25. The van der Waals surface area contributed by atoms with Crippen molar-refractivity contribution in [2.75, 3.05) is 13.7 Å². The maximum absolute atomic E-state index is 6.18. The van der Waals surface area contributed by atoms with Crippen molar-refractivity contribution in [1.82, 2.24) is 19.9 Å². The molecule has 3 aromatic rings. The molecule has 5 rings (SSSR count). The lowest BCUT2D eigenvalue weighted by molar-refractivity contribution is 0.242. The Morgan fingerprint density at radius 2 is 1.94 bits per heavy atom. The molecule has 32 heavy (non-hydrogen) atoms. The Bertz CT molecular complexity index is 1080. The van der Waals surface area contributed by atoms with Crippen molar-refractivity contribution in [3.05, 3.63) is 70.4 Å². The average molecular weight is 449 g/mol. The number of nitrogens with zero attached hydrogens (tertiary/aromatic N) is 4. The van der Waals surface area contributed by atoms with Crippen LogP contribution < -0.4 is 4.74 Å². The van der Waals surface area contributed by atoms with Crippen molar-refractivity contribution in [2.24, 2.45) is 0 Å². The Kier molecular flexibility index (Phi) is 6.37. The molecule has 0 spiro atoms. The highest BCUT2D eigenvalue weighted by Crippen LogP contribution is 2.33. The molecule has 0 atom stereocenters. The highest BCUT2D eigenvalue weighted by atomic mass is 35.5. The van der Waals surface area contributed by atoms with E-state index in [1.54, 1.807) is 7.11 Å². The van der Waals surface area contributed by atoms with E-state index in [2.05, 4.69) is 22.1 Å². The highest BCUT2D eigenvalue weighted by Gasteiger charge is 2.23. The second kappa shape index (κ2) is 9.55. The van der Waals surface area contributed by atoms with E-state index in [-0.39, 0.29) is 0 Å². The molecule has 3 heterocycles. The molecule has 0 radical (unpaired) electrons. The van der Waals surface area contributed by atoms with Crippen molar-refractivity contribution in [2.45, 2.75) is 57.5 Å². The van der Waals surface area contributed by atoms with E-state index in [9.17, 15) is 0 Å². The van der Waals surface area contributed by atoms with E-state index in [0.29, 0.717) is 10.9 Å². The standard InChI is InChI=1S/C26H29ClN4O/c1-32-25-10-8-21(27)13-22(25)24-9-7-18(14-28-24)16-31-12-11-23-20(17-31)15-29-26(30-23)19-5-3-2-4-6-19/h7-10,13-15,19H,2-6,11-12,16-17H2,1H3. The number of pyridine rings is 1. The largest absolute Gasteiger partial charge is 0.496 e. The first-order valence-corrected chi connectivity index (χ1v) is 11.9. The lowest BCUT2D eigenvalue weighted by atomic mass is 9.88. The first-order chi connectivity index (χ1) is 15.7. The minimum atomic E-state index is 0.565. The lowest BCUT2D eigenvalue weighted by Crippen LogP contribution is -2.31. The third kappa shape index (κ3) is 4.64. The molecule has 2 aliphatic rings. The molecule has 166 valence electrons. The first kappa shape index (κ1) is 21.4. The summed E-state index contributed by atoms with van der Waals surface area (Å²) in [6.07, 6.45) is 11.5. The second-order valence-electron chi connectivity index (χ2n) is 8.89. The summed E-state index contributed by atoms with van der Waals surface area (Å²) in [7, 11) is 1.66. The summed E-state index contributed by atoms with van der Waals surface area (Å²) in [6, 6.07) is 9.78. The molecule has 0 N–H and O–H groups in total. The third-order valence-corrected chi connectivity index (χ3v) is 6.91. The molecule has 0 unspecified atom stereocenters. The maximum atomic E-state index is 6.18. The summed E-state index contributed by atoms with van der Waals surface area (Å²) in [4.78, 5) is 16.9. The normalized spacial score (nSPS) is 17.2. The first-order valence-electron chi connectivity index (χ1n) is 11.6. The summed E-state index contributed by atoms with van der Waals surface area (Å²) >= 11 is 6.18. The van der Waals surface area contributed by atoms with Crippen LogP contribution in [0.25, 0.3) is 11.3 Å². The molecule has 2 aromatic heterocycles. The molecular weight excluding hydrogens is 420 g/mol. The number of rotatable bonds is 5. The molecule has 6 heteroatoms. The number of methoxy groups -OCH3 is 1. The van der Waals surface area contributed by atoms with Crippen LogP contribution >= 0.6 is 11.6 Å². The minimum Gasteiger partial charge on any atom is -0.496 e. The van der Waals surface area contributed by atoms with Gasteiger partial charge in [-0.3, -0.25) is 9.88 Å². The van der Waals surface area contributed by atoms with Gasteiger partial charge in [0.05, 0.1) is 12.8 Å². The van der Waals surface area contributed by atoms with E-state index >= 15 is 0 Å². The molecule has 0 amide bonds. The van der Waals surface area contributed by atoms with Crippen LogP contribution in [0.2, 0.25) is 5.02 Å². The number of halogens is 1. The monoisotopic (exact) mass is 448 g/mol. The zero-order chi connectivity index (χ0) is 21.9. The maximum Gasteiger partial charge on any atom is 0.131 e. The van der Waals surface area contributed by atoms with Gasteiger partial charge in [0.2, 0.25) is 0 Å². The van der Waals surface area contributed by atoms with Crippen LogP contribution in [0.15, 0.2) is 42.7 Å². The smallest absolute Gasteiger partial charge is 0.131 e. The lowest BCUT2D eigenvalue weighted by Gasteiger charge is -2.29. The Morgan fingerprint density at radius 1 is 1.06 bits per heavy atom. The van der Waals surface area contributed by atoms with E-state index < -0.39 is 0 Å². The van der Waals surface area contributed by atoms with E-state index in [1.807, 2.05) is 30.5 Å². The molecule has 0 saturated heterocycles. The van der Waals surface area contributed by atoms with Gasteiger partial charge in [0, 0.05) is 66.2 Å². The van der Waals surface area contributed by atoms with Gasteiger partial charge in [-0.25, -0.2) is 9.97 Å². The summed E-state index contributed by atoms with van der Waals surface area (Å²) in [5.41, 5.74) is 5.48. The van der Waals surface area contributed by atoms with Gasteiger partial charge in [0.25, 0.3) is 0 Å². The van der Waals surface area contributed by atoms with Gasteiger partial charge in [-0.1, -0.05) is 36.9 Å². The van der Waals surface area contributed by atoms with Crippen LogP contribution in [0.5, 0.6) is 5.75 Å². The van der Waals surface area contributed by atoms with Crippen molar-refractivity contribution in [3.8, 4) is 17.0 Å². The van der Waals surface area contributed by atoms with Gasteiger partial charge >= 0.3 is 0 Å². The number of hydrogen-bond acceptors (Lipinski definition) is 5. The number of aromatic nitrogens is 3. The van der Waals surface area contributed by atoms with Crippen LogP contribution in [-0.2, 0) is 19.5 Å². The number of benzene rings is 1. The van der Waals surface area contributed by atoms with Gasteiger partial charge < -0.3 is 4.74 Å². The molecule has 5 nitrogen and oxygen atoms in total. The Hall–Kier alpha value is -2.50. The minimum absolute atomic E-state index is 0.565. The zero-order valence-electron chi connectivity index (χ0n) is 18.6. The Morgan fingerprint density at radius 3 is 2.72 bits per heavy atom. The molecule has 1 aliphatic carbocycles. The molecular formula is C26H29ClN4O. The summed E-state index contributed by atoms with van der Waals surface area (Å²) in [5.74, 6) is 2.41. The van der Waals surface area contributed by atoms with Crippen molar-refractivity contribution in [3.63, 3.8) is 0 Å². The van der Waals surface area contributed by atoms with E-state index in [0.717, 1.165) is 48.9 Å².